The van der Waals surface area contributed by atoms with Gasteiger partial charge in [0.05, 0.1) is 6.61 Å². The van der Waals surface area contributed by atoms with Crippen LogP contribution in [0.2, 0.25) is 0 Å². The maximum atomic E-state index is 11.7. The standard InChI is InChI=1S/C13H21N3O2/c1-13(2,11-4-6-14-7-5-11)10-15-12(18)16(3)8-9-17/h4-7,17H,8-10H2,1-3H3,(H,15,18). The van der Waals surface area contributed by atoms with Crippen LogP contribution in [0, 0.1) is 0 Å². The van der Waals surface area contributed by atoms with Crippen LogP contribution in [-0.2, 0) is 5.41 Å². The van der Waals surface area contributed by atoms with E-state index in [0.29, 0.717) is 13.1 Å². The summed E-state index contributed by atoms with van der Waals surface area (Å²) in [5.74, 6) is 0. The lowest BCUT2D eigenvalue weighted by Gasteiger charge is -2.27. The highest BCUT2D eigenvalue weighted by atomic mass is 16.3. The van der Waals surface area contributed by atoms with Gasteiger partial charge < -0.3 is 15.3 Å². The molecule has 0 fully saturated rings. The monoisotopic (exact) mass is 251 g/mol. The van der Waals surface area contributed by atoms with Crippen molar-refractivity contribution < 1.29 is 9.90 Å². The number of carbonyl (C=O) groups excluding carboxylic acids is 1. The molecule has 0 saturated heterocycles. The molecule has 5 heteroatoms. The lowest BCUT2D eigenvalue weighted by molar-refractivity contribution is 0.188. The van der Waals surface area contributed by atoms with Crippen LogP contribution in [0.3, 0.4) is 0 Å². The Kier molecular flexibility index (Phi) is 5.09. The van der Waals surface area contributed by atoms with Crippen LogP contribution in [0.4, 0.5) is 4.79 Å². The molecule has 2 N–H and O–H groups in total. The van der Waals surface area contributed by atoms with Crippen molar-refractivity contribution in [3.8, 4) is 0 Å². The number of hydrogen-bond donors (Lipinski definition) is 2. The third-order valence-corrected chi connectivity index (χ3v) is 2.93. The van der Waals surface area contributed by atoms with Crippen LogP contribution in [0.1, 0.15) is 19.4 Å². The molecule has 1 heterocycles. The van der Waals surface area contributed by atoms with Crippen LogP contribution in [0.15, 0.2) is 24.5 Å². The molecule has 2 amide bonds. The van der Waals surface area contributed by atoms with Gasteiger partial charge in [0.25, 0.3) is 0 Å². The van der Waals surface area contributed by atoms with Crippen LogP contribution in [0.25, 0.3) is 0 Å². The minimum Gasteiger partial charge on any atom is -0.395 e. The van der Waals surface area contributed by atoms with Crippen molar-refractivity contribution in [2.45, 2.75) is 19.3 Å². The molecule has 1 aromatic rings. The molecule has 0 aliphatic rings. The van der Waals surface area contributed by atoms with Crippen LogP contribution in [-0.4, -0.2) is 47.8 Å². The molecule has 1 aromatic heterocycles. The maximum Gasteiger partial charge on any atom is 0.317 e. The molecule has 0 aliphatic heterocycles. The van der Waals surface area contributed by atoms with Gasteiger partial charge in [0.15, 0.2) is 0 Å². The number of aliphatic hydroxyl groups excluding tert-OH is 1. The van der Waals surface area contributed by atoms with Crippen LogP contribution < -0.4 is 5.32 Å². The fraction of sp³-hybridized carbons (Fsp3) is 0.538. The number of pyridine rings is 1. The number of carbonyl (C=O) groups is 1. The molecule has 0 aliphatic carbocycles. The number of amides is 2. The molecule has 0 atom stereocenters. The molecule has 1 rings (SSSR count). The number of rotatable bonds is 5. The topological polar surface area (TPSA) is 65.5 Å². The van der Waals surface area contributed by atoms with Gasteiger partial charge in [-0.05, 0) is 17.7 Å². The molecule has 0 radical (unpaired) electrons. The molecule has 100 valence electrons. The van der Waals surface area contributed by atoms with Gasteiger partial charge in [-0.1, -0.05) is 13.8 Å². The van der Waals surface area contributed by atoms with E-state index in [9.17, 15) is 4.79 Å². The Morgan fingerprint density at radius 2 is 2.06 bits per heavy atom. The average molecular weight is 251 g/mol. The Labute approximate surface area is 108 Å². The Balaban J connectivity index is 2.55. The summed E-state index contributed by atoms with van der Waals surface area (Å²) in [6, 6.07) is 3.72. The molecule has 18 heavy (non-hydrogen) atoms. The third-order valence-electron chi connectivity index (χ3n) is 2.93. The van der Waals surface area contributed by atoms with Gasteiger partial charge in [0, 0.05) is 37.9 Å². The first-order valence-corrected chi connectivity index (χ1v) is 5.97. The summed E-state index contributed by atoms with van der Waals surface area (Å²) in [4.78, 5) is 17.1. The van der Waals surface area contributed by atoms with E-state index in [-0.39, 0.29) is 18.1 Å². The summed E-state index contributed by atoms with van der Waals surface area (Å²) in [6.45, 7) is 4.97. The van der Waals surface area contributed by atoms with Gasteiger partial charge in [-0.15, -0.1) is 0 Å². The molecule has 0 aromatic carbocycles. The van der Waals surface area contributed by atoms with Crippen molar-refractivity contribution >= 4 is 6.03 Å². The van der Waals surface area contributed by atoms with E-state index in [4.69, 9.17) is 5.11 Å². The van der Waals surface area contributed by atoms with E-state index in [1.54, 1.807) is 19.4 Å². The highest BCUT2D eigenvalue weighted by molar-refractivity contribution is 5.73. The number of nitrogens with one attached hydrogen (secondary N) is 1. The quantitative estimate of drug-likeness (QED) is 0.820. The highest BCUT2D eigenvalue weighted by Crippen LogP contribution is 2.21. The normalized spacial score (nSPS) is 11.1. The maximum absolute atomic E-state index is 11.7. The SMILES string of the molecule is CN(CCO)C(=O)NCC(C)(C)c1ccncc1. The Morgan fingerprint density at radius 3 is 2.61 bits per heavy atom. The predicted octanol–water partition coefficient (Wildman–Crippen LogP) is 0.993. The summed E-state index contributed by atoms with van der Waals surface area (Å²) in [5, 5.41) is 11.6. The van der Waals surface area contributed by atoms with Crippen molar-refractivity contribution in [3.05, 3.63) is 30.1 Å². The van der Waals surface area contributed by atoms with Gasteiger partial charge in [0.1, 0.15) is 0 Å². The average Bonchev–Trinajstić information content (AvgIpc) is 2.37. The van der Waals surface area contributed by atoms with Gasteiger partial charge in [0.2, 0.25) is 0 Å². The zero-order valence-electron chi connectivity index (χ0n) is 11.2. The van der Waals surface area contributed by atoms with Crippen molar-refractivity contribution in [2.24, 2.45) is 0 Å². The summed E-state index contributed by atoms with van der Waals surface area (Å²) >= 11 is 0. The second-order valence-electron chi connectivity index (χ2n) is 4.92. The lowest BCUT2D eigenvalue weighted by atomic mass is 9.85. The van der Waals surface area contributed by atoms with Gasteiger partial charge in [-0.3, -0.25) is 4.98 Å². The van der Waals surface area contributed by atoms with Crippen LogP contribution >= 0.6 is 0 Å². The highest BCUT2D eigenvalue weighted by Gasteiger charge is 2.21. The summed E-state index contributed by atoms with van der Waals surface area (Å²) in [7, 11) is 1.66. The van der Waals surface area contributed by atoms with E-state index in [0.717, 1.165) is 5.56 Å². The largest absolute Gasteiger partial charge is 0.395 e. The fourth-order valence-corrected chi connectivity index (χ4v) is 1.59. The van der Waals surface area contributed by atoms with E-state index in [1.165, 1.54) is 4.90 Å². The molecular weight excluding hydrogens is 230 g/mol. The van der Waals surface area contributed by atoms with Gasteiger partial charge in [-0.25, -0.2) is 4.79 Å². The number of nitrogens with zero attached hydrogens (tertiary/aromatic N) is 2. The van der Waals surface area contributed by atoms with E-state index < -0.39 is 0 Å². The van der Waals surface area contributed by atoms with E-state index in [2.05, 4.69) is 24.1 Å². The number of aliphatic hydroxyl groups is 1. The van der Waals surface area contributed by atoms with E-state index >= 15 is 0 Å². The number of aromatic nitrogens is 1. The fourth-order valence-electron chi connectivity index (χ4n) is 1.59. The minimum absolute atomic E-state index is 0.0301. The lowest BCUT2D eigenvalue weighted by Crippen LogP contribution is -2.44. The van der Waals surface area contributed by atoms with Gasteiger partial charge in [-0.2, -0.15) is 0 Å². The van der Waals surface area contributed by atoms with Gasteiger partial charge >= 0.3 is 6.03 Å². The van der Waals surface area contributed by atoms with Crippen molar-refractivity contribution in [3.63, 3.8) is 0 Å². The molecular formula is C13H21N3O2. The second kappa shape index (κ2) is 6.35. The first-order chi connectivity index (χ1) is 8.47. The third kappa shape index (κ3) is 4.00. The van der Waals surface area contributed by atoms with Crippen LogP contribution in [0.5, 0.6) is 0 Å². The summed E-state index contributed by atoms with van der Waals surface area (Å²) < 4.78 is 0. The Hall–Kier alpha value is -1.62. The predicted molar refractivity (Wildman–Crippen MR) is 70.4 cm³/mol. The molecule has 0 bridgehead atoms. The first-order valence-electron chi connectivity index (χ1n) is 5.97. The number of hydrogen-bond acceptors (Lipinski definition) is 3. The summed E-state index contributed by atoms with van der Waals surface area (Å²) in [6.07, 6.45) is 3.49. The molecule has 5 nitrogen and oxygen atoms in total. The molecule has 0 spiro atoms. The number of likely N-dealkylation sites (N-methyl/N-ethyl adjacent to an activating group) is 1. The zero-order valence-corrected chi connectivity index (χ0v) is 11.2. The smallest absolute Gasteiger partial charge is 0.317 e. The molecule has 0 unspecified atom stereocenters. The van der Waals surface area contributed by atoms with Crippen molar-refractivity contribution in [1.82, 2.24) is 15.2 Å². The first kappa shape index (κ1) is 14.4. The second-order valence-corrected chi connectivity index (χ2v) is 4.92. The Bertz CT molecular complexity index is 379. The van der Waals surface area contributed by atoms with E-state index in [1.807, 2.05) is 12.1 Å². The van der Waals surface area contributed by atoms with Crippen molar-refractivity contribution in [2.75, 3.05) is 26.7 Å². The van der Waals surface area contributed by atoms with Crippen molar-refractivity contribution in [1.29, 1.82) is 0 Å². The zero-order chi connectivity index (χ0) is 13.6. The molecule has 0 saturated carbocycles. The Morgan fingerprint density at radius 1 is 1.44 bits per heavy atom. The number of urea groups is 1. The minimum atomic E-state index is -0.175. The summed E-state index contributed by atoms with van der Waals surface area (Å²) in [5.41, 5.74) is 0.973.